The molecule has 0 atom stereocenters. The van der Waals surface area contributed by atoms with Gasteiger partial charge in [-0.3, -0.25) is 9.69 Å². The van der Waals surface area contributed by atoms with E-state index in [2.05, 4.69) is 5.32 Å². The van der Waals surface area contributed by atoms with E-state index in [1.165, 1.54) is 6.07 Å². The molecule has 0 radical (unpaired) electrons. The van der Waals surface area contributed by atoms with E-state index in [0.29, 0.717) is 34.4 Å². The van der Waals surface area contributed by atoms with Crippen molar-refractivity contribution in [2.24, 2.45) is 0 Å². The summed E-state index contributed by atoms with van der Waals surface area (Å²) in [4.78, 5) is 26.6. The molecule has 0 saturated heterocycles. The number of carbonyl (C=O) groups is 1. The van der Waals surface area contributed by atoms with Crippen LogP contribution in [-0.4, -0.2) is 23.9 Å². The largest absolute Gasteiger partial charge is 0.423 e. The van der Waals surface area contributed by atoms with Crippen LogP contribution >= 0.6 is 23.2 Å². The van der Waals surface area contributed by atoms with Gasteiger partial charge in [0.1, 0.15) is 5.58 Å². The second kappa shape index (κ2) is 9.44. The average Bonchev–Trinajstić information content (AvgIpc) is 2.63. The predicted molar refractivity (Wildman–Crippen MR) is 118 cm³/mol. The van der Waals surface area contributed by atoms with E-state index >= 15 is 0 Å². The molecule has 0 saturated carbocycles. The fraction of sp³-hybridized carbons (Fsp3) is 0.273. The fourth-order valence-electron chi connectivity index (χ4n) is 3.22. The number of carbonyl (C=O) groups excluding carboxylic acids is 1. The highest BCUT2D eigenvalue weighted by molar-refractivity contribution is 6.36. The van der Waals surface area contributed by atoms with Crippen molar-refractivity contribution in [2.45, 2.75) is 26.8 Å². The van der Waals surface area contributed by atoms with E-state index in [-0.39, 0.29) is 12.5 Å². The Morgan fingerprint density at radius 2 is 1.93 bits per heavy atom. The zero-order chi connectivity index (χ0) is 21.0. The van der Waals surface area contributed by atoms with Crippen LogP contribution in [-0.2, 0) is 11.3 Å². The molecule has 3 aromatic rings. The van der Waals surface area contributed by atoms with Gasteiger partial charge in [-0.05, 0) is 55.3 Å². The second-order valence-corrected chi connectivity index (χ2v) is 7.82. The zero-order valence-corrected chi connectivity index (χ0v) is 17.8. The lowest BCUT2D eigenvalue weighted by Crippen LogP contribution is -2.33. The van der Waals surface area contributed by atoms with Gasteiger partial charge >= 0.3 is 5.63 Å². The van der Waals surface area contributed by atoms with Crippen molar-refractivity contribution >= 4 is 45.8 Å². The molecule has 1 aromatic heterocycles. The summed E-state index contributed by atoms with van der Waals surface area (Å²) in [5.74, 6) is -0.189. The second-order valence-electron chi connectivity index (χ2n) is 6.97. The van der Waals surface area contributed by atoms with Crippen molar-refractivity contribution in [1.29, 1.82) is 0 Å². The smallest absolute Gasteiger partial charge is 0.336 e. The Kier molecular flexibility index (Phi) is 6.96. The minimum Gasteiger partial charge on any atom is -0.423 e. The Bertz CT molecular complexity index is 1100. The number of nitrogens with zero attached hydrogens (tertiary/aromatic N) is 1. The molecule has 3 rings (SSSR count). The number of benzene rings is 2. The van der Waals surface area contributed by atoms with Crippen LogP contribution in [0.4, 0.5) is 5.69 Å². The van der Waals surface area contributed by atoms with Crippen LogP contribution in [0.2, 0.25) is 10.0 Å². The highest BCUT2D eigenvalue weighted by Crippen LogP contribution is 2.25. The summed E-state index contributed by atoms with van der Waals surface area (Å²) in [5, 5.41) is 4.58. The number of hydrogen-bond acceptors (Lipinski definition) is 4. The molecular weight excluding hydrogens is 411 g/mol. The summed E-state index contributed by atoms with van der Waals surface area (Å²) in [7, 11) is 0. The minimum absolute atomic E-state index is 0.167. The molecule has 29 heavy (non-hydrogen) atoms. The fourth-order valence-corrected chi connectivity index (χ4v) is 3.68. The van der Waals surface area contributed by atoms with Crippen LogP contribution in [0, 0.1) is 6.92 Å². The van der Waals surface area contributed by atoms with Crippen LogP contribution in [0.3, 0.4) is 0 Å². The van der Waals surface area contributed by atoms with E-state index in [9.17, 15) is 9.59 Å². The topological polar surface area (TPSA) is 62.6 Å². The van der Waals surface area contributed by atoms with Crippen LogP contribution in [0.15, 0.2) is 51.7 Å². The first-order valence-corrected chi connectivity index (χ1v) is 10.1. The molecule has 1 amide bonds. The van der Waals surface area contributed by atoms with Gasteiger partial charge in [0.2, 0.25) is 5.91 Å². The molecule has 2 aromatic carbocycles. The molecule has 0 aliphatic carbocycles. The molecule has 0 fully saturated rings. The molecule has 1 heterocycles. The Morgan fingerprint density at radius 1 is 1.14 bits per heavy atom. The molecule has 1 N–H and O–H groups in total. The molecule has 0 unspecified atom stereocenters. The van der Waals surface area contributed by atoms with E-state index in [4.69, 9.17) is 27.6 Å². The normalized spacial score (nSPS) is 11.2. The van der Waals surface area contributed by atoms with E-state index < -0.39 is 5.63 Å². The summed E-state index contributed by atoms with van der Waals surface area (Å²) in [6.45, 7) is 5.32. The molecule has 0 spiro atoms. The number of anilines is 1. The first-order valence-electron chi connectivity index (χ1n) is 9.36. The number of rotatable bonds is 7. The van der Waals surface area contributed by atoms with Crippen LogP contribution < -0.4 is 10.9 Å². The van der Waals surface area contributed by atoms with Gasteiger partial charge in [-0.1, -0.05) is 42.3 Å². The van der Waals surface area contributed by atoms with Crippen molar-refractivity contribution in [2.75, 3.05) is 18.4 Å². The van der Waals surface area contributed by atoms with Gasteiger partial charge in [-0.25, -0.2) is 4.79 Å². The van der Waals surface area contributed by atoms with Gasteiger partial charge in [0.05, 0.1) is 17.3 Å². The third-order valence-corrected chi connectivity index (χ3v) is 5.04. The summed E-state index contributed by atoms with van der Waals surface area (Å²) in [5.41, 5.74) is 2.52. The number of fused-ring (bicyclic) bond motifs is 1. The van der Waals surface area contributed by atoms with Gasteiger partial charge in [0, 0.05) is 23.0 Å². The number of halogens is 2. The number of aryl methyl sites for hydroxylation is 1. The number of amides is 1. The van der Waals surface area contributed by atoms with Crippen LogP contribution in [0.1, 0.15) is 24.5 Å². The minimum atomic E-state index is -0.396. The highest BCUT2D eigenvalue weighted by Gasteiger charge is 2.15. The molecule has 0 aliphatic heterocycles. The van der Waals surface area contributed by atoms with E-state index in [1.54, 1.807) is 18.2 Å². The molecule has 0 bridgehead atoms. The summed E-state index contributed by atoms with van der Waals surface area (Å²) >= 11 is 12.0. The predicted octanol–water partition coefficient (Wildman–Crippen LogP) is 5.26. The third kappa shape index (κ3) is 5.60. The van der Waals surface area contributed by atoms with Gasteiger partial charge < -0.3 is 9.73 Å². The van der Waals surface area contributed by atoms with Crippen molar-refractivity contribution in [3.8, 4) is 0 Å². The lowest BCUT2D eigenvalue weighted by Gasteiger charge is -2.22. The van der Waals surface area contributed by atoms with Gasteiger partial charge in [-0.2, -0.15) is 0 Å². The molecule has 5 nitrogen and oxygen atoms in total. The van der Waals surface area contributed by atoms with Crippen molar-refractivity contribution < 1.29 is 9.21 Å². The highest BCUT2D eigenvalue weighted by atomic mass is 35.5. The Labute approximate surface area is 179 Å². The quantitative estimate of drug-likeness (QED) is 0.517. The zero-order valence-electron chi connectivity index (χ0n) is 16.3. The Balaban J connectivity index is 1.79. The standard InChI is InChI=1S/C22H22Cl2N2O3/c1-3-8-26(13-21(27)25-19-7-5-16(23)11-18(19)24)12-15-10-22(28)29-20-9-14(2)4-6-17(15)20/h4-7,9-11H,3,8,12-13H2,1-2H3,(H,25,27). The maximum atomic E-state index is 12.6. The van der Waals surface area contributed by atoms with Crippen molar-refractivity contribution in [1.82, 2.24) is 4.90 Å². The first kappa shape index (κ1) is 21.4. The van der Waals surface area contributed by atoms with Gasteiger partial charge in [0.25, 0.3) is 0 Å². The van der Waals surface area contributed by atoms with E-state index in [1.807, 2.05) is 36.9 Å². The van der Waals surface area contributed by atoms with Crippen molar-refractivity contribution in [3.63, 3.8) is 0 Å². The van der Waals surface area contributed by atoms with Crippen LogP contribution in [0.5, 0.6) is 0 Å². The maximum absolute atomic E-state index is 12.6. The monoisotopic (exact) mass is 432 g/mol. The molecular formula is C22H22Cl2N2O3. The van der Waals surface area contributed by atoms with Gasteiger partial charge in [0.15, 0.2) is 0 Å². The van der Waals surface area contributed by atoms with E-state index in [0.717, 1.165) is 22.9 Å². The van der Waals surface area contributed by atoms with Gasteiger partial charge in [-0.15, -0.1) is 0 Å². The first-order chi connectivity index (χ1) is 13.9. The van der Waals surface area contributed by atoms with Crippen molar-refractivity contribution in [3.05, 3.63) is 74.1 Å². The maximum Gasteiger partial charge on any atom is 0.336 e. The number of nitrogens with one attached hydrogen (secondary N) is 1. The van der Waals surface area contributed by atoms with Crippen LogP contribution in [0.25, 0.3) is 11.0 Å². The summed E-state index contributed by atoms with van der Waals surface area (Å²) in [6, 6.07) is 12.2. The molecule has 0 aliphatic rings. The SMILES string of the molecule is CCCN(CC(=O)Nc1ccc(Cl)cc1Cl)Cc1cc(=O)oc2cc(C)ccc12. The number of hydrogen-bond donors (Lipinski definition) is 1. The molecule has 152 valence electrons. The molecule has 7 heteroatoms. The lowest BCUT2D eigenvalue weighted by molar-refractivity contribution is -0.117. The lowest BCUT2D eigenvalue weighted by atomic mass is 10.1. The summed E-state index contributed by atoms with van der Waals surface area (Å²) < 4.78 is 5.33. The average molecular weight is 433 g/mol. The Hall–Kier alpha value is -2.34. The summed E-state index contributed by atoms with van der Waals surface area (Å²) in [6.07, 6.45) is 0.869. The third-order valence-electron chi connectivity index (χ3n) is 4.49. The Morgan fingerprint density at radius 3 is 2.66 bits per heavy atom.